The molecule has 0 heterocycles. The second kappa shape index (κ2) is 5.59. The Morgan fingerprint density at radius 1 is 1.28 bits per heavy atom. The molecule has 18 heavy (non-hydrogen) atoms. The summed E-state index contributed by atoms with van der Waals surface area (Å²) >= 11 is 0. The number of benzene rings is 1. The molecule has 1 aliphatic carbocycles. The summed E-state index contributed by atoms with van der Waals surface area (Å²) in [5.41, 5.74) is 7.27. The van der Waals surface area contributed by atoms with E-state index in [-0.39, 0.29) is 0 Å². The molecular formula is C14H22N2O2. The molecule has 0 radical (unpaired) electrons. The molecule has 0 unspecified atom stereocenters. The number of rotatable bonds is 7. The standard InChI is InChI=1S/C14H22N2O2/c1-17-12-4-3-11(13(7-12)18-2)8-16-10-14(9-15)5-6-14/h3-4,7,16H,5-6,8-10,15H2,1-2H3. The molecule has 1 fully saturated rings. The average molecular weight is 250 g/mol. The molecule has 2 rings (SSSR count). The number of nitrogens with two attached hydrogens (primary N) is 1. The van der Waals surface area contributed by atoms with E-state index in [1.807, 2.05) is 18.2 Å². The lowest BCUT2D eigenvalue weighted by molar-refractivity contribution is 0.388. The molecule has 100 valence electrons. The quantitative estimate of drug-likeness (QED) is 0.770. The van der Waals surface area contributed by atoms with Crippen molar-refractivity contribution in [3.8, 4) is 11.5 Å². The van der Waals surface area contributed by atoms with E-state index in [2.05, 4.69) is 5.32 Å². The molecule has 1 aromatic rings. The maximum Gasteiger partial charge on any atom is 0.127 e. The molecule has 4 nitrogen and oxygen atoms in total. The zero-order valence-electron chi connectivity index (χ0n) is 11.2. The van der Waals surface area contributed by atoms with Crippen LogP contribution in [0.3, 0.4) is 0 Å². The van der Waals surface area contributed by atoms with Gasteiger partial charge in [0.25, 0.3) is 0 Å². The van der Waals surface area contributed by atoms with Crippen LogP contribution in [0, 0.1) is 5.41 Å². The largest absolute Gasteiger partial charge is 0.497 e. The van der Waals surface area contributed by atoms with Gasteiger partial charge in [0.05, 0.1) is 14.2 Å². The lowest BCUT2D eigenvalue weighted by Gasteiger charge is -2.15. The van der Waals surface area contributed by atoms with Crippen LogP contribution in [-0.4, -0.2) is 27.3 Å². The van der Waals surface area contributed by atoms with Gasteiger partial charge < -0.3 is 20.5 Å². The van der Waals surface area contributed by atoms with Crippen molar-refractivity contribution in [2.45, 2.75) is 19.4 Å². The van der Waals surface area contributed by atoms with Crippen LogP contribution in [0.15, 0.2) is 18.2 Å². The van der Waals surface area contributed by atoms with E-state index in [0.717, 1.165) is 36.7 Å². The summed E-state index contributed by atoms with van der Waals surface area (Å²) in [7, 11) is 3.34. The minimum atomic E-state index is 0.361. The zero-order valence-corrected chi connectivity index (χ0v) is 11.2. The van der Waals surface area contributed by atoms with Crippen LogP contribution >= 0.6 is 0 Å². The van der Waals surface area contributed by atoms with Gasteiger partial charge in [0.1, 0.15) is 11.5 Å². The highest BCUT2D eigenvalue weighted by atomic mass is 16.5. The highest BCUT2D eigenvalue weighted by Gasteiger charge is 2.40. The SMILES string of the molecule is COc1ccc(CNCC2(CN)CC2)c(OC)c1. The summed E-state index contributed by atoms with van der Waals surface area (Å²) in [6, 6.07) is 5.90. The predicted molar refractivity (Wildman–Crippen MR) is 72.0 cm³/mol. The third-order valence-corrected chi connectivity index (χ3v) is 3.70. The van der Waals surface area contributed by atoms with Gasteiger partial charge in [-0.15, -0.1) is 0 Å². The molecule has 4 heteroatoms. The summed E-state index contributed by atoms with van der Waals surface area (Å²) in [6.45, 7) is 2.56. The minimum absolute atomic E-state index is 0.361. The maximum absolute atomic E-state index is 5.76. The molecule has 0 aliphatic heterocycles. The van der Waals surface area contributed by atoms with Crippen LogP contribution in [0.25, 0.3) is 0 Å². The molecule has 0 bridgehead atoms. The number of hydrogen-bond acceptors (Lipinski definition) is 4. The molecular weight excluding hydrogens is 228 g/mol. The lowest BCUT2D eigenvalue weighted by Crippen LogP contribution is -2.29. The van der Waals surface area contributed by atoms with E-state index in [1.54, 1.807) is 14.2 Å². The minimum Gasteiger partial charge on any atom is -0.497 e. The van der Waals surface area contributed by atoms with E-state index in [9.17, 15) is 0 Å². The molecule has 1 aliphatic rings. The van der Waals surface area contributed by atoms with Gasteiger partial charge in [0.2, 0.25) is 0 Å². The Morgan fingerprint density at radius 2 is 2.06 bits per heavy atom. The Kier molecular flexibility index (Phi) is 4.09. The molecule has 1 aromatic carbocycles. The van der Waals surface area contributed by atoms with E-state index in [1.165, 1.54) is 12.8 Å². The first kappa shape index (κ1) is 13.2. The fourth-order valence-corrected chi connectivity index (χ4v) is 2.09. The summed E-state index contributed by atoms with van der Waals surface area (Å²) < 4.78 is 10.5. The molecule has 1 saturated carbocycles. The van der Waals surface area contributed by atoms with Crippen molar-refractivity contribution in [3.05, 3.63) is 23.8 Å². The van der Waals surface area contributed by atoms with Gasteiger partial charge in [0, 0.05) is 24.7 Å². The van der Waals surface area contributed by atoms with Crippen molar-refractivity contribution in [3.63, 3.8) is 0 Å². The van der Waals surface area contributed by atoms with Gasteiger partial charge in [-0.25, -0.2) is 0 Å². The van der Waals surface area contributed by atoms with Gasteiger partial charge in [-0.3, -0.25) is 0 Å². The van der Waals surface area contributed by atoms with Gasteiger partial charge in [-0.1, -0.05) is 6.07 Å². The number of hydrogen-bond donors (Lipinski definition) is 2. The lowest BCUT2D eigenvalue weighted by atomic mass is 10.1. The summed E-state index contributed by atoms with van der Waals surface area (Å²) in [5, 5.41) is 3.47. The summed E-state index contributed by atoms with van der Waals surface area (Å²) in [6.07, 6.45) is 2.49. The van der Waals surface area contributed by atoms with Crippen LogP contribution in [-0.2, 0) is 6.54 Å². The van der Waals surface area contributed by atoms with E-state index >= 15 is 0 Å². The van der Waals surface area contributed by atoms with Crippen LogP contribution in [0.2, 0.25) is 0 Å². The van der Waals surface area contributed by atoms with Gasteiger partial charge in [-0.2, -0.15) is 0 Å². The van der Waals surface area contributed by atoms with Crippen LogP contribution in [0.4, 0.5) is 0 Å². The van der Waals surface area contributed by atoms with Crippen molar-refractivity contribution in [2.75, 3.05) is 27.3 Å². The highest BCUT2D eigenvalue weighted by Crippen LogP contribution is 2.43. The van der Waals surface area contributed by atoms with Crippen molar-refractivity contribution >= 4 is 0 Å². The zero-order chi connectivity index (χ0) is 13.0. The van der Waals surface area contributed by atoms with Crippen molar-refractivity contribution in [2.24, 2.45) is 11.1 Å². The first-order chi connectivity index (χ1) is 8.73. The van der Waals surface area contributed by atoms with Gasteiger partial charge in [-0.05, 0) is 30.9 Å². The average Bonchev–Trinajstić information content (AvgIpc) is 3.19. The molecule has 0 saturated heterocycles. The second-order valence-corrected chi connectivity index (χ2v) is 4.99. The van der Waals surface area contributed by atoms with Crippen molar-refractivity contribution < 1.29 is 9.47 Å². The fraction of sp³-hybridized carbons (Fsp3) is 0.571. The Bertz CT molecular complexity index is 403. The third kappa shape index (κ3) is 2.94. The first-order valence-electron chi connectivity index (χ1n) is 6.35. The molecule has 0 spiro atoms. The fourth-order valence-electron chi connectivity index (χ4n) is 2.09. The smallest absolute Gasteiger partial charge is 0.127 e. The summed E-state index contributed by atoms with van der Waals surface area (Å²) in [4.78, 5) is 0. The van der Waals surface area contributed by atoms with E-state index < -0.39 is 0 Å². The molecule has 0 aromatic heterocycles. The van der Waals surface area contributed by atoms with Crippen LogP contribution in [0.1, 0.15) is 18.4 Å². The van der Waals surface area contributed by atoms with Crippen LogP contribution in [0.5, 0.6) is 11.5 Å². The third-order valence-electron chi connectivity index (χ3n) is 3.70. The molecule has 0 atom stereocenters. The van der Waals surface area contributed by atoms with Crippen molar-refractivity contribution in [1.82, 2.24) is 5.32 Å². The normalized spacial score (nSPS) is 16.4. The Morgan fingerprint density at radius 3 is 2.61 bits per heavy atom. The Balaban J connectivity index is 1.92. The topological polar surface area (TPSA) is 56.5 Å². The summed E-state index contributed by atoms with van der Waals surface area (Å²) in [5.74, 6) is 1.68. The van der Waals surface area contributed by atoms with Crippen molar-refractivity contribution in [1.29, 1.82) is 0 Å². The first-order valence-corrected chi connectivity index (χ1v) is 6.35. The second-order valence-electron chi connectivity index (χ2n) is 4.99. The number of ether oxygens (including phenoxy) is 2. The molecule has 3 N–H and O–H groups in total. The predicted octanol–water partition coefficient (Wildman–Crippen LogP) is 1.53. The van der Waals surface area contributed by atoms with E-state index in [4.69, 9.17) is 15.2 Å². The Hall–Kier alpha value is -1.26. The van der Waals surface area contributed by atoms with Gasteiger partial charge in [0.15, 0.2) is 0 Å². The monoisotopic (exact) mass is 250 g/mol. The highest BCUT2D eigenvalue weighted by molar-refractivity contribution is 5.40. The maximum atomic E-state index is 5.76. The Labute approximate surface area is 108 Å². The number of methoxy groups -OCH3 is 2. The van der Waals surface area contributed by atoms with Crippen LogP contribution < -0.4 is 20.5 Å². The number of nitrogens with one attached hydrogen (secondary N) is 1. The van der Waals surface area contributed by atoms with E-state index in [0.29, 0.717) is 5.41 Å². The van der Waals surface area contributed by atoms with Gasteiger partial charge >= 0.3 is 0 Å². The molecule has 0 amide bonds.